The number of rotatable bonds is 9. The molecular formula is C18H26N4OS2. The van der Waals surface area contributed by atoms with Crippen molar-refractivity contribution in [3.63, 3.8) is 0 Å². The highest BCUT2D eigenvalue weighted by molar-refractivity contribution is 7.99. The van der Waals surface area contributed by atoms with Crippen molar-refractivity contribution < 1.29 is 4.79 Å². The third-order valence-electron chi connectivity index (χ3n) is 3.54. The summed E-state index contributed by atoms with van der Waals surface area (Å²) in [5, 5.41) is 12.3. The summed E-state index contributed by atoms with van der Waals surface area (Å²) in [6, 6.07) is 8.48. The molecule has 0 bridgehead atoms. The quantitative estimate of drug-likeness (QED) is 0.673. The first-order chi connectivity index (χ1) is 12.0. The Morgan fingerprint density at radius 2 is 1.92 bits per heavy atom. The van der Waals surface area contributed by atoms with Crippen LogP contribution in [0.4, 0.5) is 0 Å². The van der Waals surface area contributed by atoms with E-state index >= 15 is 0 Å². The van der Waals surface area contributed by atoms with E-state index in [2.05, 4.69) is 72.0 Å². The predicted molar refractivity (Wildman–Crippen MR) is 105 cm³/mol. The summed E-state index contributed by atoms with van der Waals surface area (Å²) in [6.07, 6.45) is 0. The molecule has 7 heteroatoms. The molecule has 0 unspecified atom stereocenters. The monoisotopic (exact) mass is 378 g/mol. The Hall–Kier alpha value is -1.47. The van der Waals surface area contributed by atoms with Gasteiger partial charge in [-0.2, -0.15) is 0 Å². The molecule has 0 radical (unpaired) electrons. The average Bonchev–Trinajstić information content (AvgIpc) is 2.99. The van der Waals surface area contributed by atoms with Gasteiger partial charge in [-0.15, -0.1) is 22.0 Å². The second-order valence-electron chi connectivity index (χ2n) is 6.23. The SMILES string of the molecule is CCn1c(CSc2ccc(C)cc2)nnc1SCC(=O)NCC(C)C. The van der Waals surface area contributed by atoms with Crippen LogP contribution in [0.15, 0.2) is 34.3 Å². The number of carbonyl (C=O) groups excluding carboxylic acids is 1. The lowest BCUT2D eigenvalue weighted by Gasteiger charge is -2.09. The number of thioether (sulfide) groups is 2. The van der Waals surface area contributed by atoms with Crippen LogP contribution >= 0.6 is 23.5 Å². The standard InChI is InChI=1S/C18H26N4OS2/c1-5-22-16(11-24-15-8-6-14(4)7-9-15)20-21-18(22)25-12-17(23)19-10-13(2)3/h6-9,13H,5,10-12H2,1-4H3,(H,19,23). The van der Waals surface area contributed by atoms with E-state index in [1.165, 1.54) is 22.2 Å². The van der Waals surface area contributed by atoms with Crippen molar-refractivity contribution in [3.05, 3.63) is 35.7 Å². The fourth-order valence-corrected chi connectivity index (χ4v) is 3.82. The minimum Gasteiger partial charge on any atom is -0.355 e. The first kappa shape index (κ1) is 19.8. The smallest absolute Gasteiger partial charge is 0.230 e. The van der Waals surface area contributed by atoms with Crippen molar-refractivity contribution in [2.75, 3.05) is 12.3 Å². The van der Waals surface area contributed by atoms with Crippen LogP contribution < -0.4 is 5.32 Å². The molecular weight excluding hydrogens is 352 g/mol. The normalized spacial score (nSPS) is 11.1. The van der Waals surface area contributed by atoms with E-state index in [1.54, 1.807) is 11.8 Å². The van der Waals surface area contributed by atoms with Gasteiger partial charge in [-0.3, -0.25) is 4.79 Å². The van der Waals surface area contributed by atoms with Gasteiger partial charge in [0.05, 0.1) is 11.5 Å². The van der Waals surface area contributed by atoms with Crippen LogP contribution in [0, 0.1) is 12.8 Å². The number of nitrogens with one attached hydrogen (secondary N) is 1. The maximum Gasteiger partial charge on any atom is 0.230 e. The summed E-state index contributed by atoms with van der Waals surface area (Å²) in [4.78, 5) is 13.1. The van der Waals surface area contributed by atoms with Gasteiger partial charge in [0.15, 0.2) is 5.16 Å². The number of aryl methyl sites for hydroxylation is 1. The van der Waals surface area contributed by atoms with Crippen molar-refractivity contribution in [2.24, 2.45) is 5.92 Å². The zero-order valence-electron chi connectivity index (χ0n) is 15.3. The number of nitrogens with zero attached hydrogens (tertiary/aromatic N) is 3. The highest BCUT2D eigenvalue weighted by Crippen LogP contribution is 2.24. The zero-order valence-corrected chi connectivity index (χ0v) is 16.9. The van der Waals surface area contributed by atoms with E-state index in [-0.39, 0.29) is 5.91 Å². The van der Waals surface area contributed by atoms with Crippen LogP contribution in [0.1, 0.15) is 32.2 Å². The van der Waals surface area contributed by atoms with Crippen molar-refractivity contribution >= 4 is 29.4 Å². The lowest BCUT2D eigenvalue weighted by atomic mass is 10.2. The maximum atomic E-state index is 11.9. The van der Waals surface area contributed by atoms with Gasteiger partial charge in [-0.25, -0.2) is 0 Å². The lowest BCUT2D eigenvalue weighted by Crippen LogP contribution is -2.28. The molecule has 0 aliphatic carbocycles. The van der Waals surface area contributed by atoms with Crippen LogP contribution in [-0.4, -0.2) is 33.0 Å². The molecule has 0 saturated carbocycles. The van der Waals surface area contributed by atoms with Crippen molar-refractivity contribution in [1.82, 2.24) is 20.1 Å². The fourth-order valence-electron chi connectivity index (χ4n) is 2.13. The van der Waals surface area contributed by atoms with E-state index in [4.69, 9.17) is 0 Å². The zero-order chi connectivity index (χ0) is 18.2. The van der Waals surface area contributed by atoms with E-state index in [0.717, 1.165) is 23.3 Å². The van der Waals surface area contributed by atoms with Crippen molar-refractivity contribution in [2.45, 2.75) is 50.0 Å². The summed E-state index contributed by atoms with van der Waals surface area (Å²) < 4.78 is 2.08. The molecule has 1 N–H and O–H groups in total. The van der Waals surface area contributed by atoms with Crippen LogP contribution in [-0.2, 0) is 17.1 Å². The predicted octanol–water partition coefficient (Wildman–Crippen LogP) is 3.76. The molecule has 1 heterocycles. The molecule has 136 valence electrons. The Labute approximate surface area is 158 Å². The van der Waals surface area contributed by atoms with Gasteiger partial charge in [-0.1, -0.05) is 43.3 Å². The minimum absolute atomic E-state index is 0.0416. The van der Waals surface area contributed by atoms with Gasteiger partial charge in [-0.05, 0) is 31.9 Å². The highest BCUT2D eigenvalue weighted by Gasteiger charge is 2.13. The molecule has 0 fully saturated rings. The van der Waals surface area contributed by atoms with Crippen LogP contribution in [0.5, 0.6) is 0 Å². The van der Waals surface area contributed by atoms with E-state index in [9.17, 15) is 4.79 Å². The Balaban J connectivity index is 1.91. The number of aromatic nitrogens is 3. The topological polar surface area (TPSA) is 59.8 Å². The first-order valence-corrected chi connectivity index (χ1v) is 10.5. The lowest BCUT2D eigenvalue weighted by molar-refractivity contribution is -0.118. The third kappa shape index (κ3) is 6.40. The van der Waals surface area contributed by atoms with Crippen LogP contribution in [0.2, 0.25) is 0 Å². The number of benzene rings is 1. The largest absolute Gasteiger partial charge is 0.355 e. The molecule has 0 saturated heterocycles. The molecule has 1 aromatic carbocycles. The van der Waals surface area contributed by atoms with E-state index in [0.29, 0.717) is 18.2 Å². The number of amides is 1. The van der Waals surface area contributed by atoms with Crippen LogP contribution in [0.25, 0.3) is 0 Å². The van der Waals surface area contributed by atoms with E-state index in [1.807, 2.05) is 0 Å². The van der Waals surface area contributed by atoms with Gasteiger partial charge in [0.1, 0.15) is 5.82 Å². The highest BCUT2D eigenvalue weighted by atomic mass is 32.2. The molecule has 0 aliphatic heterocycles. The summed E-state index contributed by atoms with van der Waals surface area (Å²) >= 11 is 3.19. The summed E-state index contributed by atoms with van der Waals surface area (Å²) in [6.45, 7) is 9.83. The molecule has 2 aromatic rings. The summed E-state index contributed by atoms with van der Waals surface area (Å²) in [7, 11) is 0. The van der Waals surface area contributed by atoms with Crippen molar-refractivity contribution in [3.8, 4) is 0 Å². The Bertz CT molecular complexity index is 683. The Morgan fingerprint density at radius 3 is 2.56 bits per heavy atom. The molecule has 0 atom stereocenters. The molecule has 2 rings (SSSR count). The van der Waals surface area contributed by atoms with Gasteiger partial charge in [0, 0.05) is 18.0 Å². The molecule has 0 aliphatic rings. The second kappa shape index (κ2) is 9.87. The number of carbonyl (C=O) groups is 1. The Morgan fingerprint density at radius 1 is 1.20 bits per heavy atom. The molecule has 25 heavy (non-hydrogen) atoms. The summed E-state index contributed by atoms with van der Waals surface area (Å²) in [5.74, 6) is 2.58. The first-order valence-electron chi connectivity index (χ1n) is 8.50. The molecule has 1 aromatic heterocycles. The van der Waals surface area contributed by atoms with Crippen molar-refractivity contribution in [1.29, 1.82) is 0 Å². The van der Waals surface area contributed by atoms with Gasteiger partial charge < -0.3 is 9.88 Å². The van der Waals surface area contributed by atoms with E-state index < -0.39 is 0 Å². The van der Waals surface area contributed by atoms with Crippen LogP contribution in [0.3, 0.4) is 0 Å². The second-order valence-corrected chi connectivity index (χ2v) is 8.22. The Kier molecular flexibility index (Phi) is 7.84. The number of hydrogen-bond acceptors (Lipinski definition) is 5. The fraction of sp³-hybridized carbons (Fsp3) is 0.500. The minimum atomic E-state index is 0.0416. The average molecular weight is 379 g/mol. The maximum absolute atomic E-state index is 11.9. The summed E-state index contributed by atoms with van der Waals surface area (Å²) in [5.41, 5.74) is 1.26. The van der Waals surface area contributed by atoms with Gasteiger partial charge in [0.2, 0.25) is 5.91 Å². The van der Waals surface area contributed by atoms with Gasteiger partial charge in [0.25, 0.3) is 0 Å². The molecule has 0 spiro atoms. The van der Waals surface area contributed by atoms with Gasteiger partial charge >= 0.3 is 0 Å². The molecule has 1 amide bonds. The number of hydrogen-bond donors (Lipinski definition) is 1. The third-order valence-corrected chi connectivity index (χ3v) is 5.51. The molecule has 5 nitrogen and oxygen atoms in total.